The SMILES string of the molecule is CCCCC[C@](C)(C(=O)OC)C1CC(=O)c2ccc(S)cc2C1. The van der Waals surface area contributed by atoms with E-state index in [-0.39, 0.29) is 17.7 Å². The third-order valence-electron chi connectivity index (χ3n) is 5.14. The van der Waals surface area contributed by atoms with Crippen molar-refractivity contribution < 1.29 is 14.3 Å². The van der Waals surface area contributed by atoms with E-state index in [1.807, 2.05) is 25.1 Å². The molecule has 1 aromatic carbocycles. The normalized spacial score (nSPS) is 19.8. The van der Waals surface area contributed by atoms with Crippen molar-refractivity contribution in [1.82, 2.24) is 0 Å². The quantitative estimate of drug-likeness (QED) is 0.474. The van der Waals surface area contributed by atoms with E-state index in [2.05, 4.69) is 19.6 Å². The first-order valence-electron chi connectivity index (χ1n) is 8.36. The van der Waals surface area contributed by atoms with Crippen molar-refractivity contribution in [2.24, 2.45) is 11.3 Å². The summed E-state index contributed by atoms with van der Waals surface area (Å²) >= 11 is 4.38. The van der Waals surface area contributed by atoms with E-state index >= 15 is 0 Å². The molecule has 1 aliphatic carbocycles. The number of ketones is 1. The Balaban J connectivity index is 2.29. The molecule has 2 atom stereocenters. The van der Waals surface area contributed by atoms with E-state index in [1.54, 1.807) is 0 Å². The molecule has 2 rings (SSSR count). The Bertz CT molecular complexity index is 596. The summed E-state index contributed by atoms with van der Waals surface area (Å²) in [5.41, 5.74) is 1.17. The molecule has 0 saturated carbocycles. The molecule has 1 unspecified atom stereocenters. The molecule has 1 aromatic rings. The lowest BCUT2D eigenvalue weighted by molar-refractivity contribution is -0.156. The van der Waals surface area contributed by atoms with Gasteiger partial charge in [-0.25, -0.2) is 0 Å². The molecule has 126 valence electrons. The number of rotatable bonds is 6. The van der Waals surface area contributed by atoms with Crippen LogP contribution in [0.1, 0.15) is 61.9 Å². The Morgan fingerprint density at radius 1 is 1.35 bits per heavy atom. The Morgan fingerprint density at radius 3 is 2.74 bits per heavy atom. The van der Waals surface area contributed by atoms with Crippen LogP contribution in [0.2, 0.25) is 0 Å². The topological polar surface area (TPSA) is 43.4 Å². The lowest BCUT2D eigenvalue weighted by Gasteiger charge is -2.37. The fraction of sp³-hybridized carbons (Fsp3) is 0.579. The average molecular weight is 334 g/mol. The first-order valence-corrected chi connectivity index (χ1v) is 8.80. The van der Waals surface area contributed by atoms with Gasteiger partial charge in [-0.05, 0) is 43.4 Å². The molecule has 0 aliphatic heterocycles. The zero-order valence-electron chi connectivity index (χ0n) is 14.2. The van der Waals surface area contributed by atoms with Crippen LogP contribution in [0.15, 0.2) is 23.1 Å². The number of carbonyl (C=O) groups excluding carboxylic acids is 2. The molecule has 0 bridgehead atoms. The molecule has 3 nitrogen and oxygen atoms in total. The van der Waals surface area contributed by atoms with E-state index in [1.165, 1.54) is 7.11 Å². The smallest absolute Gasteiger partial charge is 0.311 e. The van der Waals surface area contributed by atoms with Crippen molar-refractivity contribution in [3.05, 3.63) is 29.3 Å². The average Bonchev–Trinajstić information content (AvgIpc) is 2.53. The van der Waals surface area contributed by atoms with Crippen LogP contribution in [0.3, 0.4) is 0 Å². The molecule has 0 heterocycles. The summed E-state index contributed by atoms with van der Waals surface area (Å²) in [5.74, 6) is -0.0889. The van der Waals surface area contributed by atoms with Crippen molar-refractivity contribution in [3.8, 4) is 0 Å². The van der Waals surface area contributed by atoms with E-state index in [9.17, 15) is 9.59 Å². The molecule has 0 N–H and O–H groups in total. The van der Waals surface area contributed by atoms with Gasteiger partial charge in [-0.3, -0.25) is 9.59 Å². The van der Waals surface area contributed by atoms with Crippen molar-refractivity contribution >= 4 is 24.4 Å². The second-order valence-corrected chi connectivity index (χ2v) is 7.25. The molecule has 0 radical (unpaired) electrons. The minimum Gasteiger partial charge on any atom is -0.469 e. The highest BCUT2D eigenvalue weighted by molar-refractivity contribution is 7.80. The number of esters is 1. The van der Waals surface area contributed by atoms with Gasteiger partial charge in [0.15, 0.2) is 5.78 Å². The molecule has 23 heavy (non-hydrogen) atoms. The van der Waals surface area contributed by atoms with E-state index in [0.717, 1.165) is 48.1 Å². The number of benzene rings is 1. The van der Waals surface area contributed by atoms with Gasteiger partial charge in [-0.15, -0.1) is 12.6 Å². The molecule has 0 aromatic heterocycles. The highest BCUT2D eigenvalue weighted by atomic mass is 32.1. The lowest BCUT2D eigenvalue weighted by Crippen LogP contribution is -2.41. The van der Waals surface area contributed by atoms with E-state index < -0.39 is 5.41 Å². The zero-order chi connectivity index (χ0) is 17.0. The molecular formula is C19H26O3S. The summed E-state index contributed by atoms with van der Waals surface area (Å²) in [6, 6.07) is 5.65. The fourth-order valence-corrected chi connectivity index (χ4v) is 3.82. The van der Waals surface area contributed by atoms with Crippen molar-refractivity contribution in [2.45, 2.75) is 57.3 Å². The van der Waals surface area contributed by atoms with Crippen LogP contribution in [-0.4, -0.2) is 18.9 Å². The van der Waals surface area contributed by atoms with Crippen molar-refractivity contribution in [2.75, 3.05) is 7.11 Å². The zero-order valence-corrected chi connectivity index (χ0v) is 15.1. The van der Waals surface area contributed by atoms with E-state index in [4.69, 9.17) is 4.74 Å². The predicted octanol–water partition coefficient (Wildman–Crippen LogP) is 4.48. The molecule has 0 amide bonds. The van der Waals surface area contributed by atoms with Crippen molar-refractivity contribution in [1.29, 1.82) is 0 Å². The Morgan fingerprint density at radius 2 is 2.09 bits per heavy atom. The number of fused-ring (bicyclic) bond motifs is 1. The van der Waals surface area contributed by atoms with Gasteiger partial charge < -0.3 is 4.74 Å². The van der Waals surface area contributed by atoms with Gasteiger partial charge in [-0.1, -0.05) is 32.3 Å². The molecule has 0 saturated heterocycles. The maximum absolute atomic E-state index is 12.5. The van der Waals surface area contributed by atoms with Crippen LogP contribution in [-0.2, 0) is 16.0 Å². The molecule has 1 aliphatic rings. The number of hydrogen-bond acceptors (Lipinski definition) is 4. The molecular weight excluding hydrogens is 308 g/mol. The lowest BCUT2D eigenvalue weighted by atomic mass is 9.66. The second-order valence-electron chi connectivity index (χ2n) is 6.74. The summed E-state index contributed by atoms with van der Waals surface area (Å²) < 4.78 is 5.08. The summed E-state index contributed by atoms with van der Waals surface area (Å²) in [6.07, 6.45) is 5.08. The van der Waals surface area contributed by atoms with Crippen LogP contribution >= 0.6 is 12.6 Å². The fourth-order valence-electron chi connectivity index (χ4n) is 3.59. The van der Waals surface area contributed by atoms with Crippen LogP contribution in [0.5, 0.6) is 0 Å². The number of ether oxygens (including phenoxy) is 1. The molecule has 0 spiro atoms. The maximum Gasteiger partial charge on any atom is 0.311 e. The largest absolute Gasteiger partial charge is 0.469 e. The minimum atomic E-state index is -0.607. The standard InChI is InChI=1S/C19H26O3S/c1-4-5-6-9-19(2,18(21)22-3)14-10-13-11-15(23)7-8-16(13)17(20)12-14/h7-8,11,14,23H,4-6,9-10,12H2,1-3H3/t14?,19-/m0/s1. The number of unbranched alkanes of at least 4 members (excludes halogenated alkanes) is 2. The van der Waals surface area contributed by atoms with Gasteiger partial charge in [0.1, 0.15) is 0 Å². The van der Waals surface area contributed by atoms with Crippen LogP contribution in [0, 0.1) is 11.3 Å². The minimum absolute atomic E-state index is 0.0121. The van der Waals surface area contributed by atoms with Gasteiger partial charge in [0, 0.05) is 16.9 Å². The number of thiol groups is 1. The maximum atomic E-state index is 12.5. The Labute approximate surface area is 144 Å². The monoisotopic (exact) mass is 334 g/mol. The highest BCUT2D eigenvalue weighted by Gasteiger charge is 2.44. The Hall–Kier alpha value is -1.29. The van der Waals surface area contributed by atoms with Gasteiger partial charge in [0.05, 0.1) is 12.5 Å². The number of carbonyl (C=O) groups is 2. The summed E-state index contributed by atoms with van der Waals surface area (Å²) in [5, 5.41) is 0. The van der Waals surface area contributed by atoms with Gasteiger partial charge in [0.25, 0.3) is 0 Å². The third-order valence-corrected chi connectivity index (χ3v) is 5.42. The number of hydrogen-bond donors (Lipinski definition) is 1. The molecule has 0 fully saturated rings. The van der Waals surface area contributed by atoms with E-state index in [0.29, 0.717) is 6.42 Å². The second kappa shape index (κ2) is 7.52. The number of methoxy groups -OCH3 is 1. The first-order chi connectivity index (χ1) is 10.9. The van der Waals surface area contributed by atoms with Crippen LogP contribution in [0.25, 0.3) is 0 Å². The van der Waals surface area contributed by atoms with Gasteiger partial charge in [-0.2, -0.15) is 0 Å². The summed E-state index contributed by atoms with van der Waals surface area (Å²) in [6.45, 7) is 4.10. The Kier molecular flexibility index (Phi) is 5.90. The third kappa shape index (κ3) is 3.79. The summed E-state index contributed by atoms with van der Waals surface area (Å²) in [7, 11) is 1.44. The van der Waals surface area contributed by atoms with Crippen molar-refractivity contribution in [3.63, 3.8) is 0 Å². The molecule has 4 heteroatoms. The van der Waals surface area contributed by atoms with Crippen LogP contribution < -0.4 is 0 Å². The number of Topliss-reactive ketones (excluding diaryl/α,β-unsaturated/α-hetero) is 1. The predicted molar refractivity (Wildman–Crippen MR) is 94.1 cm³/mol. The van der Waals surface area contributed by atoms with Gasteiger partial charge >= 0.3 is 5.97 Å². The highest BCUT2D eigenvalue weighted by Crippen LogP contribution is 2.42. The first kappa shape index (κ1) is 18.1. The van der Waals surface area contributed by atoms with Crippen LogP contribution in [0.4, 0.5) is 0 Å². The van der Waals surface area contributed by atoms with Gasteiger partial charge in [0.2, 0.25) is 0 Å². The summed E-state index contributed by atoms with van der Waals surface area (Å²) in [4.78, 5) is 25.8.